The summed E-state index contributed by atoms with van der Waals surface area (Å²) >= 11 is 0. The summed E-state index contributed by atoms with van der Waals surface area (Å²) in [5, 5.41) is 44.7. The van der Waals surface area contributed by atoms with Crippen molar-refractivity contribution in [2.75, 3.05) is 24.9 Å². The van der Waals surface area contributed by atoms with Gasteiger partial charge in [-0.2, -0.15) is 0 Å². The second kappa shape index (κ2) is 37.6. The number of hydrogen-bond acceptors (Lipinski definition) is 16. The number of carbonyl (C=O) groups is 2. The molecule has 0 aliphatic heterocycles. The van der Waals surface area contributed by atoms with Crippen LogP contribution in [0.3, 0.4) is 0 Å². The van der Waals surface area contributed by atoms with Crippen LogP contribution in [0.2, 0.25) is 129 Å². The molecule has 0 atom stereocenters. The molecule has 0 bridgehead atoms. The van der Waals surface area contributed by atoms with E-state index in [0.29, 0.717) is 45.5 Å². The highest BCUT2D eigenvalue weighted by Crippen LogP contribution is 2.35. The maximum absolute atomic E-state index is 12.5. The van der Waals surface area contributed by atoms with Crippen molar-refractivity contribution >= 4 is 91.1 Å². The molecular weight excluding hydrogens is 1390 g/mol. The lowest BCUT2D eigenvalue weighted by Gasteiger charge is -2.41. The summed E-state index contributed by atoms with van der Waals surface area (Å²) in [7, 11) is -14.8. The average molecular weight is 1500 g/mol. The zero-order chi connectivity index (χ0) is 73.6. The minimum absolute atomic E-state index is 0.134. The lowest BCUT2D eigenvalue weighted by atomic mass is 10.1. The fourth-order valence-corrected chi connectivity index (χ4v) is 51.4. The van der Waals surface area contributed by atoms with Gasteiger partial charge < -0.3 is 64.1 Å². The van der Waals surface area contributed by atoms with Crippen LogP contribution in [0.4, 0.5) is 21.0 Å². The summed E-state index contributed by atoms with van der Waals surface area (Å²) in [5.41, 5.74) is 9.19. The van der Waals surface area contributed by atoms with E-state index >= 15 is 0 Å². The predicted octanol–water partition coefficient (Wildman–Crippen LogP) is 18.7. The number of aliphatic hydroxyl groups excluding tert-OH is 2. The largest absolute Gasteiger partial charge is 0.508 e. The second-order valence-corrected chi connectivity index (χ2v) is 62.0. The first-order chi connectivity index (χ1) is 46.2. The number of rotatable bonds is 37. The monoisotopic (exact) mass is 1500 g/mol. The van der Waals surface area contributed by atoms with E-state index < -0.39 is 79.7 Å². The van der Waals surface area contributed by atoms with Gasteiger partial charge in [-0.05, 0) is 294 Å². The summed E-state index contributed by atoms with van der Waals surface area (Å²) < 4.78 is 62.7. The van der Waals surface area contributed by atoms with Crippen LogP contribution in [0.25, 0.3) is 0 Å². The molecule has 0 aliphatic rings. The van der Waals surface area contributed by atoms with Crippen molar-refractivity contribution in [1.82, 2.24) is 0 Å². The van der Waals surface area contributed by atoms with Crippen molar-refractivity contribution in [3.63, 3.8) is 0 Å². The van der Waals surface area contributed by atoms with Crippen molar-refractivity contribution in [2.45, 2.75) is 214 Å². The topological polar surface area (TPSA) is 231 Å². The van der Waals surface area contributed by atoms with Gasteiger partial charge in [0.2, 0.25) is 0 Å². The molecule has 6 rings (SSSR count). The summed E-state index contributed by atoms with van der Waals surface area (Å²) in [5.74, 6) is 2.03. The molecule has 0 heterocycles. The van der Waals surface area contributed by atoms with Gasteiger partial charge in [-0.25, -0.2) is 9.59 Å². The number of amides is 2. The zero-order valence-electron chi connectivity index (χ0n) is 62.8. The number of carbonyl (C=O) groups excluding carboxylic acids is 2. The Morgan fingerprint density at radius 2 is 0.697 bits per heavy atom. The van der Waals surface area contributed by atoms with Gasteiger partial charge in [-0.15, -0.1) is 0 Å². The molecule has 0 spiro atoms. The summed E-state index contributed by atoms with van der Waals surface area (Å²) in [6.07, 6.45) is 7.08. The average Bonchev–Trinajstić information content (AvgIpc) is 0.834. The van der Waals surface area contributed by atoms with Gasteiger partial charge >= 0.3 is 46.4 Å². The second-order valence-electron chi connectivity index (χ2n) is 29.8. The van der Waals surface area contributed by atoms with Crippen molar-refractivity contribution in [3.05, 3.63) is 166 Å². The van der Waals surface area contributed by atoms with Crippen molar-refractivity contribution in [1.29, 1.82) is 0 Å². The zero-order valence-corrected chi connectivity index (χ0v) is 70.8. The number of aromatic hydroxyl groups is 2. The Labute approximate surface area is 599 Å². The Morgan fingerprint density at radius 1 is 0.374 bits per heavy atom. The highest BCUT2D eigenvalue weighted by atomic mass is 28.5. The van der Waals surface area contributed by atoms with Crippen molar-refractivity contribution < 1.29 is 73.7 Å². The lowest BCUT2D eigenvalue weighted by Crippen LogP contribution is -2.56. The van der Waals surface area contributed by atoms with Crippen LogP contribution in [0.15, 0.2) is 121 Å². The van der Waals surface area contributed by atoms with Crippen LogP contribution < -0.4 is 29.6 Å². The summed E-state index contributed by atoms with van der Waals surface area (Å²) in [4.78, 5) is 25.0. The van der Waals surface area contributed by atoms with Gasteiger partial charge in [0, 0.05) is 22.5 Å². The number of methoxy groups -OCH3 is 2. The van der Waals surface area contributed by atoms with Gasteiger partial charge in [-0.3, -0.25) is 10.6 Å². The molecule has 6 N–H and O–H groups in total. The lowest BCUT2D eigenvalue weighted by molar-refractivity contribution is 0.211. The molecule has 18 nitrogen and oxygen atoms in total. The van der Waals surface area contributed by atoms with Crippen LogP contribution in [-0.4, -0.2) is 114 Å². The normalized spacial score (nSPS) is 12.5. The molecule has 546 valence electrons. The van der Waals surface area contributed by atoms with Gasteiger partial charge in [-0.1, -0.05) is 61.0 Å². The summed E-state index contributed by atoms with van der Waals surface area (Å²) in [6.45, 7) is 38.8. The molecule has 26 heteroatoms. The van der Waals surface area contributed by atoms with Crippen LogP contribution >= 0.6 is 0 Å². The van der Waals surface area contributed by atoms with E-state index in [-0.39, 0.29) is 24.7 Å². The minimum Gasteiger partial charge on any atom is -0.508 e. The third-order valence-corrected chi connectivity index (χ3v) is 47.2. The molecule has 99 heavy (non-hydrogen) atoms. The molecule has 0 aliphatic carbocycles. The van der Waals surface area contributed by atoms with Crippen molar-refractivity contribution in [2.24, 2.45) is 0 Å². The predicted molar refractivity (Wildman–Crippen MR) is 419 cm³/mol. The Balaban J connectivity index is 0.000000357. The molecular formula is C73H116N2O16Si8. The van der Waals surface area contributed by atoms with Crippen LogP contribution in [0.1, 0.15) is 77.1 Å². The molecule has 0 fully saturated rings. The van der Waals surface area contributed by atoms with E-state index in [1.54, 1.807) is 38.5 Å². The van der Waals surface area contributed by atoms with E-state index in [9.17, 15) is 30.0 Å². The van der Waals surface area contributed by atoms with Crippen molar-refractivity contribution in [3.8, 4) is 34.5 Å². The maximum atomic E-state index is 12.5. The molecule has 0 saturated carbocycles. The van der Waals surface area contributed by atoms with E-state index in [2.05, 4.69) is 122 Å². The molecule has 6 aromatic carbocycles. The maximum Gasteiger partial charge on any atom is 0.417 e. The van der Waals surface area contributed by atoms with E-state index in [1.807, 2.05) is 104 Å². The van der Waals surface area contributed by atoms with Crippen LogP contribution in [0.5, 0.6) is 34.5 Å². The molecule has 0 aromatic heterocycles. The Bertz CT molecular complexity index is 3540. The number of ether oxygens (including phenoxy) is 4. The number of hydrogen-bond donors (Lipinski definition) is 6. The quantitative estimate of drug-likeness (QED) is 0.0199. The summed E-state index contributed by atoms with van der Waals surface area (Å²) in [6, 6.07) is 41.4. The number of phenols is 2. The first kappa shape index (κ1) is 84.1. The molecule has 0 saturated heterocycles. The Kier molecular flexibility index (Phi) is 31.9. The van der Waals surface area contributed by atoms with Gasteiger partial charge in [0.25, 0.3) is 0 Å². The first-order valence-electron chi connectivity index (χ1n) is 34.7. The standard InChI is InChI=1S/C37H59NO8Si4.C36H57NO8Si4/c1-11-29-16-20-33(21-17-29)38-37(41)43-35-23-19-31(27-36(35)42-2)15-13-25-48(5,6)45-50(9,10)46-49(7,8)44-47(3,4)24-12-14-30-18-22-34(40)32(26-30)28-39;1-28-15-19-32(20-16-28)37-36(40)42-34-22-18-29(25-31(34)27-38)13-11-23-46(3,4)43-48(7,8)45-49(9,10)44-47(5,6)24-12-14-30-17-21-33(39)35(26-30)41-2/h16-23,26-27,39-40H,11-15,24-25,28H2,1-10H3,(H,38,41);15-22,25-26,38-39H,11-14,23-24,27H2,1-10H3,(H,37,40). The fourth-order valence-electron chi connectivity index (χ4n) is 12.7. The first-order valence-corrected chi connectivity index (χ1v) is 58.4. The van der Waals surface area contributed by atoms with Crippen LogP contribution in [-0.2, 0) is 70.0 Å². The Hall–Kier alpha value is -5.52. The van der Waals surface area contributed by atoms with Gasteiger partial charge in [0.15, 0.2) is 56.3 Å². The minimum atomic E-state index is -2.48. The van der Waals surface area contributed by atoms with E-state index in [4.69, 9.17) is 43.6 Å². The number of phenolic OH excluding ortho intramolecular Hbond substituents is 1. The van der Waals surface area contributed by atoms with Crippen LogP contribution in [0, 0.1) is 6.92 Å². The van der Waals surface area contributed by atoms with Gasteiger partial charge in [0.1, 0.15) is 11.5 Å². The highest BCUT2D eigenvalue weighted by molar-refractivity contribution is 6.90. The molecule has 0 unspecified atom stereocenters. The third kappa shape index (κ3) is 30.9. The third-order valence-electron chi connectivity index (χ3n) is 16.4. The highest BCUT2D eigenvalue weighted by Gasteiger charge is 2.45. The smallest absolute Gasteiger partial charge is 0.417 e. The SMILES string of the molecule is CCc1ccc(NC(=O)Oc2ccc(CCC[Si](C)(C)O[Si](C)(C)O[Si](C)(C)O[Si](C)(C)CCCc3ccc(O)c(CO)c3)cc2OC)cc1.COc1cc(CCC[Si](C)(C)O[Si](C)(C)O[Si](C)(C)O[Si](C)(C)CCCc2ccc(OC(=O)Nc3ccc(C)cc3)c(CO)c2)ccc1O. The number of nitrogens with one attached hydrogen (secondary N) is 2. The molecule has 6 aromatic rings. The van der Waals surface area contributed by atoms with Gasteiger partial charge in [0.05, 0.1) is 27.4 Å². The number of aliphatic hydroxyl groups is 2. The fraction of sp³-hybridized carbons (Fsp3) is 0.479. The number of anilines is 2. The molecule has 2 amide bonds. The van der Waals surface area contributed by atoms with E-state index in [0.717, 1.165) is 110 Å². The van der Waals surface area contributed by atoms with E-state index in [1.165, 1.54) is 5.56 Å². The number of benzene rings is 6. The Morgan fingerprint density at radius 3 is 1.08 bits per heavy atom. The number of aryl methyl sites for hydroxylation is 6. The molecule has 0 radical (unpaired) electrons.